The summed E-state index contributed by atoms with van der Waals surface area (Å²) in [4.78, 5) is 11.6. The van der Waals surface area contributed by atoms with E-state index in [4.69, 9.17) is 9.31 Å². The molecular weight excluding hydrogens is 971 g/mol. The number of nitrogens with one attached hydrogen (secondary N) is 3. The maximum Gasteiger partial charge on any atom is 0.494 e. The number of aryl methyl sites for hydroxylation is 2. The zero-order chi connectivity index (χ0) is 52.1. The van der Waals surface area contributed by atoms with E-state index < -0.39 is 13.1 Å². The molecule has 13 heteroatoms. The lowest BCUT2D eigenvalue weighted by molar-refractivity contribution is 0.00578. The Kier molecular flexibility index (Phi) is 15.1. The van der Waals surface area contributed by atoms with E-state index in [1.54, 1.807) is 77.3 Å². The zero-order valence-corrected chi connectivity index (χ0v) is 43.2. The first-order chi connectivity index (χ1) is 35.5. The van der Waals surface area contributed by atoms with Gasteiger partial charge in [0.2, 0.25) is 0 Å². The van der Waals surface area contributed by atoms with Gasteiger partial charge in [-0.05, 0) is 235 Å². The van der Waals surface area contributed by atoms with E-state index in [1.807, 2.05) is 64.3 Å². The average Bonchev–Trinajstić information content (AvgIpc) is 4.12. The van der Waals surface area contributed by atoms with Crippen LogP contribution in [0.4, 0.5) is 47.3 Å². The third kappa shape index (κ3) is 12.0. The first kappa shape index (κ1) is 51.2. The van der Waals surface area contributed by atoms with Crippen molar-refractivity contribution >= 4 is 95.5 Å². The Bertz CT molecular complexity index is 3580. The van der Waals surface area contributed by atoms with Crippen LogP contribution in [0, 0.1) is 31.3 Å². The van der Waals surface area contributed by atoms with E-state index in [2.05, 4.69) is 88.9 Å². The van der Waals surface area contributed by atoms with Crippen molar-refractivity contribution in [2.24, 2.45) is 0 Å². The van der Waals surface area contributed by atoms with Gasteiger partial charge >= 0.3 is 13.1 Å². The third-order valence-corrected chi connectivity index (χ3v) is 15.0. The van der Waals surface area contributed by atoms with Crippen molar-refractivity contribution in [3.63, 3.8) is 0 Å². The Labute approximate surface area is 437 Å². The number of carboxylic acid groups (broad SMARTS) is 1. The average molecular weight is 1020 g/mol. The smallest absolute Gasteiger partial charge is 0.478 e. The van der Waals surface area contributed by atoms with Gasteiger partial charge in [0.15, 0.2) is 0 Å². The molecule has 372 valence electrons. The first-order valence-corrected chi connectivity index (χ1v) is 25.7. The Morgan fingerprint density at radius 2 is 0.851 bits per heavy atom. The molecule has 0 aliphatic carbocycles. The quantitative estimate of drug-likeness (QED) is 0.101. The summed E-state index contributed by atoms with van der Waals surface area (Å²) in [6, 6.07) is 53.2. The van der Waals surface area contributed by atoms with Crippen molar-refractivity contribution in [1.29, 1.82) is 0 Å². The Hall–Kier alpha value is -7.68. The van der Waals surface area contributed by atoms with Gasteiger partial charge in [0.1, 0.15) is 17.5 Å². The molecule has 0 spiro atoms. The highest BCUT2D eigenvalue weighted by Gasteiger charge is 2.51. The second-order valence-electron chi connectivity index (χ2n) is 19.0. The van der Waals surface area contributed by atoms with Crippen LogP contribution < -0.4 is 21.4 Å². The van der Waals surface area contributed by atoms with E-state index in [0.29, 0.717) is 11.4 Å². The highest BCUT2D eigenvalue weighted by atomic mass is 32.1. The largest absolute Gasteiger partial charge is 0.494 e. The molecular formula is C61H53BF3N3O4S2. The van der Waals surface area contributed by atoms with Crippen molar-refractivity contribution < 1.29 is 32.4 Å². The summed E-state index contributed by atoms with van der Waals surface area (Å²) in [5.74, 6) is -1.83. The van der Waals surface area contributed by atoms with Gasteiger partial charge in [-0.15, -0.1) is 22.7 Å². The van der Waals surface area contributed by atoms with Crippen molar-refractivity contribution in [1.82, 2.24) is 0 Å². The van der Waals surface area contributed by atoms with Gasteiger partial charge < -0.3 is 30.4 Å². The van der Waals surface area contributed by atoms with Crippen LogP contribution in [0.2, 0.25) is 0 Å². The normalized spacial score (nSPS) is 13.4. The van der Waals surface area contributed by atoms with E-state index in [-0.39, 0.29) is 34.2 Å². The number of thiophene rings is 2. The number of fused-ring (bicyclic) bond motifs is 2. The summed E-state index contributed by atoms with van der Waals surface area (Å²) in [7, 11) is -0.399. The van der Waals surface area contributed by atoms with Crippen LogP contribution in [0.1, 0.15) is 49.2 Å². The molecule has 3 heterocycles. The van der Waals surface area contributed by atoms with Crippen LogP contribution >= 0.6 is 22.7 Å². The van der Waals surface area contributed by atoms with E-state index in [9.17, 15) is 23.1 Å². The summed E-state index contributed by atoms with van der Waals surface area (Å²) >= 11 is 3.44. The van der Waals surface area contributed by atoms with Crippen LogP contribution in [-0.4, -0.2) is 29.4 Å². The van der Waals surface area contributed by atoms with Crippen molar-refractivity contribution in [3.8, 4) is 22.3 Å². The molecule has 8 aromatic carbocycles. The lowest BCUT2D eigenvalue weighted by Gasteiger charge is -2.32. The molecule has 0 amide bonds. The molecule has 0 unspecified atom stereocenters. The highest BCUT2D eigenvalue weighted by molar-refractivity contribution is 7.17. The number of aromatic carboxylic acids is 1. The Balaban J connectivity index is 0.000000136. The molecule has 2 aromatic heterocycles. The molecule has 10 aromatic rings. The van der Waals surface area contributed by atoms with Gasteiger partial charge in [0.05, 0.1) is 22.5 Å². The lowest BCUT2D eigenvalue weighted by Crippen LogP contribution is -2.41. The summed E-state index contributed by atoms with van der Waals surface area (Å²) in [6.45, 7) is 12.3. The minimum atomic E-state index is -1.02. The van der Waals surface area contributed by atoms with Gasteiger partial charge in [-0.1, -0.05) is 42.5 Å². The molecule has 0 bridgehead atoms. The minimum absolute atomic E-state index is 0.162. The van der Waals surface area contributed by atoms with Crippen molar-refractivity contribution in [3.05, 3.63) is 221 Å². The Morgan fingerprint density at radius 1 is 0.473 bits per heavy atom. The maximum atomic E-state index is 13.1. The maximum absolute atomic E-state index is 13.1. The molecule has 1 aliphatic heterocycles. The van der Waals surface area contributed by atoms with Crippen molar-refractivity contribution in [2.45, 2.75) is 52.7 Å². The summed E-state index contributed by atoms with van der Waals surface area (Å²) in [5.41, 5.74) is 11.7. The summed E-state index contributed by atoms with van der Waals surface area (Å²) < 4.78 is 54.0. The first-order valence-electron chi connectivity index (χ1n) is 23.9. The van der Waals surface area contributed by atoms with E-state index >= 15 is 0 Å². The molecule has 74 heavy (non-hydrogen) atoms. The van der Waals surface area contributed by atoms with Gasteiger partial charge in [0, 0.05) is 37.8 Å². The predicted molar refractivity (Wildman–Crippen MR) is 302 cm³/mol. The van der Waals surface area contributed by atoms with Gasteiger partial charge in [-0.3, -0.25) is 0 Å². The molecule has 1 saturated heterocycles. The molecule has 1 fully saturated rings. The van der Waals surface area contributed by atoms with Crippen LogP contribution in [0.15, 0.2) is 187 Å². The standard InChI is InChI=1S/C21H14FNO2S.C21H16FNS.C19H23BFNO2/c22-16-3-5-17(6-4-16)23-19-12-14(1-7-18(19)21(24)25)13-2-8-20-15(11-13)9-10-26-20;1-14-2-3-16(15-4-9-21-17(12-15)10-11-24-21)13-20(14)23-19-7-5-18(22)6-8-19;1-13-6-7-14(20-23-18(2,3)19(4,5)24-20)12-17(13)22-16-10-8-15(21)9-11-16/h1-12,23H,(H,24,25);2-13,23H,1H3;6-12,22H,1-5H3. The molecule has 1 aliphatic rings. The van der Waals surface area contributed by atoms with Gasteiger partial charge in [-0.25, -0.2) is 18.0 Å². The molecule has 0 atom stereocenters. The second-order valence-corrected chi connectivity index (χ2v) is 20.9. The number of hydrogen-bond acceptors (Lipinski definition) is 8. The van der Waals surface area contributed by atoms with Gasteiger partial charge in [0.25, 0.3) is 0 Å². The number of benzene rings is 8. The lowest BCUT2D eigenvalue weighted by atomic mass is 9.78. The van der Waals surface area contributed by atoms with Crippen LogP contribution in [0.3, 0.4) is 0 Å². The zero-order valence-electron chi connectivity index (χ0n) is 41.6. The second kappa shape index (κ2) is 21.8. The number of hydrogen-bond donors (Lipinski definition) is 4. The molecule has 11 rings (SSSR count). The van der Waals surface area contributed by atoms with Gasteiger partial charge in [-0.2, -0.15) is 0 Å². The fourth-order valence-electron chi connectivity index (χ4n) is 8.21. The van der Waals surface area contributed by atoms with Crippen LogP contribution in [0.25, 0.3) is 42.4 Å². The number of carbonyl (C=O) groups is 1. The molecule has 7 nitrogen and oxygen atoms in total. The van der Waals surface area contributed by atoms with E-state index in [1.165, 1.54) is 62.3 Å². The number of anilines is 6. The summed E-state index contributed by atoms with van der Waals surface area (Å²) in [6.07, 6.45) is 0. The number of carboxylic acids is 1. The number of halogens is 3. The molecule has 0 radical (unpaired) electrons. The third-order valence-electron chi connectivity index (χ3n) is 13.2. The van der Waals surface area contributed by atoms with E-state index in [0.717, 1.165) is 55.9 Å². The number of rotatable bonds is 10. The predicted octanol–water partition coefficient (Wildman–Crippen LogP) is 17.1. The SMILES string of the molecule is Cc1ccc(-c2ccc3sccc3c2)cc1Nc1ccc(F)cc1.Cc1ccc(B2OC(C)(C)C(C)(C)O2)cc1Nc1ccc(F)cc1.O=C(O)c1ccc(-c2ccc3sccc3c2)cc1Nc1ccc(F)cc1. The molecule has 0 saturated carbocycles. The minimum Gasteiger partial charge on any atom is -0.478 e. The fourth-order valence-corrected chi connectivity index (χ4v) is 9.75. The monoisotopic (exact) mass is 1020 g/mol. The van der Waals surface area contributed by atoms with Crippen LogP contribution in [-0.2, 0) is 9.31 Å². The highest BCUT2D eigenvalue weighted by Crippen LogP contribution is 2.38. The van der Waals surface area contributed by atoms with Crippen molar-refractivity contribution in [2.75, 3.05) is 16.0 Å². The topological polar surface area (TPSA) is 91.8 Å². The summed E-state index contributed by atoms with van der Waals surface area (Å²) in [5, 5.41) is 25.8. The van der Waals surface area contributed by atoms with Crippen LogP contribution in [0.5, 0.6) is 0 Å². The Morgan fingerprint density at radius 3 is 1.31 bits per heavy atom. The fraction of sp³-hybridized carbons (Fsp3) is 0.131. The molecule has 4 N–H and O–H groups in total.